The Balaban J connectivity index is 2.14. The molecule has 3 rings (SSSR count). The van der Waals surface area contributed by atoms with Gasteiger partial charge in [-0.05, 0) is 37.5 Å². The number of hydrogen-bond acceptors (Lipinski definition) is 3. The molecule has 1 N–H and O–H groups in total. The first-order chi connectivity index (χ1) is 5.68. The van der Waals surface area contributed by atoms with E-state index in [1.165, 1.54) is 0 Å². The minimum atomic E-state index is -0.969. The molecule has 3 fully saturated rings. The SMILES string of the molecule is O=C([O-])[C@H]1C[C@H]2CC[C@H]1[C@@H](O)C2. The predicted octanol–water partition coefficient (Wildman–Crippen LogP) is -0.467. The number of aliphatic hydroxyl groups is 1. The maximum absolute atomic E-state index is 10.7. The summed E-state index contributed by atoms with van der Waals surface area (Å²) in [7, 11) is 0. The lowest BCUT2D eigenvalue weighted by atomic mass is 9.63. The third kappa shape index (κ3) is 1.12. The standard InChI is InChI=1S/C9H14O3/c10-8-4-5-1-2-6(8)7(3-5)9(11)12/h5-8,10H,1-4H2,(H,11,12)/p-1/t5-,6-,7+,8+/m1/s1. The molecule has 0 radical (unpaired) electrons. The van der Waals surface area contributed by atoms with Gasteiger partial charge in [0, 0.05) is 11.9 Å². The van der Waals surface area contributed by atoms with Gasteiger partial charge in [0.2, 0.25) is 0 Å². The molecule has 0 unspecified atom stereocenters. The van der Waals surface area contributed by atoms with E-state index in [4.69, 9.17) is 0 Å². The second-order valence-corrected chi connectivity index (χ2v) is 4.07. The summed E-state index contributed by atoms with van der Waals surface area (Å²) in [6.07, 6.45) is 3.09. The quantitative estimate of drug-likeness (QED) is 0.577. The van der Waals surface area contributed by atoms with Crippen LogP contribution >= 0.6 is 0 Å². The number of rotatable bonds is 1. The lowest BCUT2D eigenvalue weighted by Gasteiger charge is -2.45. The van der Waals surface area contributed by atoms with Crippen LogP contribution < -0.4 is 5.11 Å². The number of aliphatic carboxylic acids is 1. The summed E-state index contributed by atoms with van der Waals surface area (Å²) in [5.74, 6) is -0.955. The third-order valence-corrected chi connectivity index (χ3v) is 3.38. The predicted molar refractivity (Wildman–Crippen MR) is 40.0 cm³/mol. The van der Waals surface area contributed by atoms with Crippen LogP contribution in [0.5, 0.6) is 0 Å². The fourth-order valence-electron chi connectivity index (χ4n) is 2.74. The van der Waals surface area contributed by atoms with Gasteiger partial charge in [0.15, 0.2) is 0 Å². The van der Waals surface area contributed by atoms with Gasteiger partial charge in [-0.25, -0.2) is 0 Å². The van der Waals surface area contributed by atoms with Crippen LogP contribution in [0.3, 0.4) is 0 Å². The zero-order valence-electron chi connectivity index (χ0n) is 6.90. The van der Waals surface area contributed by atoms with Crippen LogP contribution in [0.4, 0.5) is 0 Å². The summed E-state index contributed by atoms with van der Waals surface area (Å²) in [5, 5.41) is 20.2. The highest BCUT2D eigenvalue weighted by Gasteiger charge is 2.41. The second kappa shape index (κ2) is 2.73. The molecule has 0 aliphatic heterocycles. The van der Waals surface area contributed by atoms with Crippen LogP contribution in [0.15, 0.2) is 0 Å². The van der Waals surface area contributed by atoms with Crippen molar-refractivity contribution in [3.05, 3.63) is 0 Å². The van der Waals surface area contributed by atoms with Gasteiger partial charge in [-0.15, -0.1) is 0 Å². The Bertz CT molecular complexity index is 202. The van der Waals surface area contributed by atoms with Gasteiger partial charge in [0.1, 0.15) is 0 Å². The first kappa shape index (κ1) is 8.05. The minimum absolute atomic E-state index is 0.0278. The van der Waals surface area contributed by atoms with E-state index in [0.29, 0.717) is 5.92 Å². The highest BCUT2D eigenvalue weighted by molar-refractivity contribution is 5.68. The van der Waals surface area contributed by atoms with Crippen LogP contribution in [0.1, 0.15) is 25.7 Å². The first-order valence-electron chi connectivity index (χ1n) is 4.57. The van der Waals surface area contributed by atoms with Gasteiger partial charge in [0.05, 0.1) is 6.10 Å². The van der Waals surface area contributed by atoms with Crippen molar-refractivity contribution < 1.29 is 15.0 Å². The Morgan fingerprint density at radius 2 is 2.08 bits per heavy atom. The lowest BCUT2D eigenvalue weighted by Crippen LogP contribution is -2.48. The molecule has 12 heavy (non-hydrogen) atoms. The van der Waals surface area contributed by atoms with E-state index in [-0.39, 0.29) is 17.9 Å². The van der Waals surface area contributed by atoms with E-state index in [1.807, 2.05) is 0 Å². The zero-order valence-corrected chi connectivity index (χ0v) is 6.90. The van der Waals surface area contributed by atoms with Gasteiger partial charge in [-0.3, -0.25) is 0 Å². The summed E-state index contributed by atoms with van der Waals surface area (Å²) in [4.78, 5) is 10.7. The highest BCUT2D eigenvalue weighted by atomic mass is 16.4. The molecule has 0 saturated heterocycles. The summed E-state index contributed by atoms with van der Waals surface area (Å²) in [6, 6.07) is 0. The number of fused-ring (bicyclic) bond motifs is 3. The Labute approximate surface area is 71.4 Å². The molecule has 3 aliphatic rings. The van der Waals surface area contributed by atoms with Crippen LogP contribution in [-0.2, 0) is 4.79 Å². The maximum Gasteiger partial charge on any atom is 0.0577 e. The van der Waals surface area contributed by atoms with Gasteiger partial charge < -0.3 is 15.0 Å². The number of aliphatic hydroxyl groups excluding tert-OH is 1. The fourth-order valence-corrected chi connectivity index (χ4v) is 2.74. The number of carbonyl (C=O) groups is 1. The zero-order chi connectivity index (χ0) is 8.72. The Morgan fingerprint density at radius 3 is 2.50 bits per heavy atom. The molecule has 0 spiro atoms. The van der Waals surface area contributed by atoms with Crippen molar-refractivity contribution in [2.75, 3.05) is 0 Å². The molecule has 0 amide bonds. The summed E-state index contributed by atoms with van der Waals surface area (Å²) < 4.78 is 0. The first-order valence-corrected chi connectivity index (χ1v) is 4.57. The van der Waals surface area contributed by atoms with Gasteiger partial charge in [-0.2, -0.15) is 0 Å². The maximum atomic E-state index is 10.7. The molecule has 0 aromatic carbocycles. The smallest absolute Gasteiger partial charge is 0.0577 e. The normalized spacial score (nSPS) is 46.1. The van der Waals surface area contributed by atoms with Crippen molar-refractivity contribution in [3.8, 4) is 0 Å². The second-order valence-electron chi connectivity index (χ2n) is 4.07. The molecular weight excluding hydrogens is 156 g/mol. The van der Waals surface area contributed by atoms with E-state index in [0.717, 1.165) is 25.7 Å². The number of hydrogen-bond donors (Lipinski definition) is 1. The third-order valence-electron chi connectivity index (χ3n) is 3.38. The van der Waals surface area contributed by atoms with Crippen LogP contribution in [-0.4, -0.2) is 17.2 Å². The fraction of sp³-hybridized carbons (Fsp3) is 0.889. The molecule has 3 nitrogen and oxygen atoms in total. The molecule has 68 valence electrons. The molecular formula is C9H13O3-. The van der Waals surface area contributed by atoms with Crippen molar-refractivity contribution in [1.82, 2.24) is 0 Å². The number of carbonyl (C=O) groups excluding carboxylic acids is 1. The number of carboxylic acids is 1. The van der Waals surface area contributed by atoms with E-state index in [1.54, 1.807) is 0 Å². The molecule has 3 heteroatoms. The van der Waals surface area contributed by atoms with Crippen LogP contribution in [0.2, 0.25) is 0 Å². The largest absolute Gasteiger partial charge is 0.550 e. The minimum Gasteiger partial charge on any atom is -0.550 e. The van der Waals surface area contributed by atoms with E-state index in [2.05, 4.69) is 0 Å². The van der Waals surface area contributed by atoms with Crippen molar-refractivity contribution in [2.24, 2.45) is 17.8 Å². The number of carboxylic acid groups (broad SMARTS) is 1. The lowest BCUT2D eigenvalue weighted by molar-refractivity contribution is -0.317. The van der Waals surface area contributed by atoms with E-state index >= 15 is 0 Å². The molecule has 3 saturated carbocycles. The molecule has 2 bridgehead atoms. The average Bonchev–Trinajstić information content (AvgIpc) is 2.04. The average molecular weight is 169 g/mol. The van der Waals surface area contributed by atoms with Gasteiger partial charge >= 0.3 is 0 Å². The molecule has 0 aromatic rings. The van der Waals surface area contributed by atoms with Crippen molar-refractivity contribution in [3.63, 3.8) is 0 Å². The highest BCUT2D eigenvalue weighted by Crippen LogP contribution is 2.44. The molecule has 0 aromatic heterocycles. The van der Waals surface area contributed by atoms with Crippen molar-refractivity contribution in [2.45, 2.75) is 31.8 Å². The van der Waals surface area contributed by atoms with Crippen LogP contribution in [0.25, 0.3) is 0 Å². The van der Waals surface area contributed by atoms with E-state index in [9.17, 15) is 15.0 Å². The summed E-state index contributed by atoms with van der Waals surface area (Å²) in [5.41, 5.74) is 0. The topological polar surface area (TPSA) is 60.4 Å². The summed E-state index contributed by atoms with van der Waals surface area (Å²) >= 11 is 0. The summed E-state index contributed by atoms with van der Waals surface area (Å²) in [6.45, 7) is 0. The van der Waals surface area contributed by atoms with Crippen LogP contribution in [0, 0.1) is 17.8 Å². The van der Waals surface area contributed by atoms with E-state index < -0.39 is 5.97 Å². The Hall–Kier alpha value is -0.570. The van der Waals surface area contributed by atoms with Gasteiger partial charge in [0.25, 0.3) is 0 Å². The molecule has 0 heterocycles. The van der Waals surface area contributed by atoms with Gasteiger partial charge in [-0.1, -0.05) is 0 Å². The monoisotopic (exact) mass is 169 g/mol. The Morgan fingerprint density at radius 1 is 1.33 bits per heavy atom. The van der Waals surface area contributed by atoms with Crippen molar-refractivity contribution >= 4 is 5.97 Å². The molecule has 3 aliphatic carbocycles. The molecule has 4 atom stereocenters. The Kier molecular flexibility index (Phi) is 1.83. The van der Waals surface area contributed by atoms with Crippen molar-refractivity contribution in [1.29, 1.82) is 0 Å².